The number of nitrogens with zero attached hydrogens (tertiary/aromatic N) is 1. The Labute approximate surface area is 112 Å². The minimum atomic E-state index is -0.213. The van der Waals surface area contributed by atoms with Gasteiger partial charge in [-0.25, -0.2) is 0 Å². The molecule has 3 rings (SSSR count). The fourth-order valence-electron chi connectivity index (χ4n) is 3.49. The van der Waals surface area contributed by atoms with Gasteiger partial charge < -0.3 is 15.2 Å². The minimum Gasteiger partial charge on any atom is -0.367 e. The quantitative estimate of drug-likeness (QED) is 0.771. The Morgan fingerprint density at radius 1 is 1.42 bits per heavy atom. The molecule has 0 saturated carbocycles. The Kier molecular flexibility index (Phi) is 2.74. The van der Waals surface area contributed by atoms with Gasteiger partial charge in [0.1, 0.15) is 5.56 Å². The van der Waals surface area contributed by atoms with Gasteiger partial charge in [-0.3, -0.25) is 9.59 Å². The van der Waals surface area contributed by atoms with Crippen molar-refractivity contribution >= 4 is 5.91 Å². The molecule has 102 valence electrons. The molecule has 0 aliphatic carbocycles. The highest BCUT2D eigenvalue weighted by molar-refractivity contribution is 5.94. The van der Waals surface area contributed by atoms with Crippen LogP contribution in [0.5, 0.6) is 0 Å². The van der Waals surface area contributed by atoms with E-state index in [0.717, 1.165) is 19.6 Å². The molecule has 0 bridgehead atoms. The highest BCUT2D eigenvalue weighted by atomic mass is 16.2. The lowest BCUT2D eigenvalue weighted by molar-refractivity contribution is 0.0601. The molecule has 1 amide bonds. The first-order chi connectivity index (χ1) is 9.01. The van der Waals surface area contributed by atoms with E-state index in [1.807, 2.05) is 4.90 Å². The summed E-state index contributed by atoms with van der Waals surface area (Å²) in [7, 11) is 0. The Bertz CT molecular complexity index is 564. The van der Waals surface area contributed by atoms with Crippen LogP contribution in [0.15, 0.2) is 23.3 Å². The van der Waals surface area contributed by atoms with Crippen molar-refractivity contribution in [3.8, 4) is 0 Å². The predicted octanol–water partition coefficient (Wildman–Crippen LogP) is 0.445. The van der Waals surface area contributed by atoms with Crippen molar-refractivity contribution < 1.29 is 4.79 Å². The number of carbonyl (C=O) groups is 1. The summed E-state index contributed by atoms with van der Waals surface area (Å²) in [6.07, 6.45) is 3.06. The number of fused-ring (bicyclic) bond motifs is 1. The van der Waals surface area contributed by atoms with Crippen LogP contribution in [0.4, 0.5) is 0 Å². The van der Waals surface area contributed by atoms with Gasteiger partial charge in [-0.2, -0.15) is 0 Å². The molecule has 2 unspecified atom stereocenters. The number of nitrogens with one attached hydrogen (secondary N) is 2. The summed E-state index contributed by atoms with van der Waals surface area (Å²) in [5, 5.41) is 3.38. The summed E-state index contributed by atoms with van der Waals surface area (Å²) in [4.78, 5) is 29.1. The summed E-state index contributed by atoms with van der Waals surface area (Å²) in [5.74, 6) is 0.822. The van der Waals surface area contributed by atoms with Crippen LogP contribution in [-0.4, -0.2) is 41.0 Å². The maximum Gasteiger partial charge on any atom is 0.259 e. The molecule has 0 radical (unpaired) electrons. The van der Waals surface area contributed by atoms with E-state index in [2.05, 4.69) is 24.1 Å². The van der Waals surface area contributed by atoms with E-state index in [1.165, 1.54) is 12.3 Å². The van der Waals surface area contributed by atoms with E-state index < -0.39 is 0 Å². The van der Waals surface area contributed by atoms with Gasteiger partial charge in [0, 0.05) is 43.6 Å². The summed E-state index contributed by atoms with van der Waals surface area (Å²) >= 11 is 0. The molecular weight excluding hydrogens is 242 g/mol. The number of amides is 1. The van der Waals surface area contributed by atoms with E-state index in [-0.39, 0.29) is 22.4 Å². The monoisotopic (exact) mass is 261 g/mol. The zero-order valence-corrected chi connectivity index (χ0v) is 11.3. The van der Waals surface area contributed by atoms with Crippen LogP contribution in [0.1, 0.15) is 24.2 Å². The highest BCUT2D eigenvalue weighted by Gasteiger charge is 2.51. The van der Waals surface area contributed by atoms with Gasteiger partial charge in [0.15, 0.2) is 5.43 Å². The molecule has 19 heavy (non-hydrogen) atoms. The van der Waals surface area contributed by atoms with Crippen molar-refractivity contribution in [2.24, 2.45) is 11.8 Å². The first-order valence-electron chi connectivity index (χ1n) is 6.71. The van der Waals surface area contributed by atoms with Crippen LogP contribution in [0.3, 0.4) is 0 Å². The van der Waals surface area contributed by atoms with E-state index in [4.69, 9.17) is 0 Å². The van der Waals surface area contributed by atoms with Gasteiger partial charge in [0.2, 0.25) is 0 Å². The average molecular weight is 261 g/mol. The van der Waals surface area contributed by atoms with Crippen LogP contribution in [0.25, 0.3) is 0 Å². The third kappa shape index (κ3) is 1.80. The van der Waals surface area contributed by atoms with Gasteiger partial charge >= 0.3 is 0 Å². The standard InChI is InChI=1S/C14H19N3O2/c1-14(2)11-7-16-5-9(11)8-17(14)13(19)10-6-15-4-3-12(10)18/h3-4,6,9,11,16H,5,7-8H2,1-2H3,(H,15,18). The topological polar surface area (TPSA) is 65.2 Å². The van der Waals surface area contributed by atoms with Crippen molar-refractivity contribution in [2.45, 2.75) is 19.4 Å². The lowest BCUT2D eigenvalue weighted by Crippen LogP contribution is -2.48. The van der Waals surface area contributed by atoms with Crippen LogP contribution >= 0.6 is 0 Å². The zero-order valence-electron chi connectivity index (χ0n) is 11.3. The number of aromatic nitrogens is 1. The third-order valence-electron chi connectivity index (χ3n) is 4.66. The number of hydrogen-bond donors (Lipinski definition) is 2. The van der Waals surface area contributed by atoms with E-state index in [1.54, 1.807) is 6.20 Å². The Morgan fingerprint density at radius 2 is 2.21 bits per heavy atom. The summed E-state index contributed by atoms with van der Waals surface area (Å²) in [6, 6.07) is 1.40. The SMILES string of the molecule is CC1(C)C2CNCC2CN1C(=O)c1c[nH]ccc1=O. The molecular formula is C14H19N3O2. The van der Waals surface area contributed by atoms with Crippen LogP contribution in [0, 0.1) is 11.8 Å². The van der Waals surface area contributed by atoms with Crippen LogP contribution in [-0.2, 0) is 0 Å². The molecule has 0 spiro atoms. The first-order valence-corrected chi connectivity index (χ1v) is 6.71. The minimum absolute atomic E-state index is 0.152. The molecule has 5 heteroatoms. The first kappa shape index (κ1) is 12.4. The molecule has 3 heterocycles. The second-order valence-electron chi connectivity index (χ2n) is 6.02. The van der Waals surface area contributed by atoms with Gasteiger partial charge in [-0.05, 0) is 25.7 Å². The lowest BCUT2D eigenvalue weighted by Gasteiger charge is -2.35. The zero-order chi connectivity index (χ0) is 13.6. The van der Waals surface area contributed by atoms with Gasteiger partial charge in [0.05, 0.1) is 0 Å². The number of likely N-dealkylation sites (tertiary alicyclic amines) is 1. The second kappa shape index (κ2) is 4.20. The van der Waals surface area contributed by atoms with Crippen molar-refractivity contribution in [1.29, 1.82) is 0 Å². The fourth-order valence-corrected chi connectivity index (χ4v) is 3.49. The highest BCUT2D eigenvalue weighted by Crippen LogP contribution is 2.40. The van der Waals surface area contributed by atoms with Crippen LogP contribution in [0.2, 0.25) is 0 Å². The number of H-pyrrole nitrogens is 1. The summed E-state index contributed by atoms with van der Waals surface area (Å²) in [5.41, 5.74) is -0.175. The number of hydrogen-bond acceptors (Lipinski definition) is 3. The number of rotatable bonds is 1. The van der Waals surface area contributed by atoms with Gasteiger partial charge in [-0.1, -0.05) is 0 Å². The van der Waals surface area contributed by atoms with E-state index in [0.29, 0.717) is 11.8 Å². The van der Waals surface area contributed by atoms with Crippen molar-refractivity contribution in [1.82, 2.24) is 15.2 Å². The Morgan fingerprint density at radius 3 is 2.89 bits per heavy atom. The van der Waals surface area contributed by atoms with Crippen molar-refractivity contribution in [3.63, 3.8) is 0 Å². The lowest BCUT2D eigenvalue weighted by atomic mass is 9.85. The van der Waals surface area contributed by atoms with Crippen LogP contribution < -0.4 is 10.7 Å². The molecule has 1 aromatic heterocycles. The van der Waals surface area contributed by atoms with Crippen molar-refractivity contribution in [2.75, 3.05) is 19.6 Å². The maximum absolute atomic E-state index is 12.6. The molecule has 1 aromatic rings. The number of pyridine rings is 1. The molecule has 5 nitrogen and oxygen atoms in total. The van der Waals surface area contributed by atoms with Gasteiger partial charge in [-0.15, -0.1) is 0 Å². The van der Waals surface area contributed by atoms with E-state index in [9.17, 15) is 9.59 Å². The van der Waals surface area contributed by atoms with E-state index >= 15 is 0 Å². The fraction of sp³-hybridized carbons (Fsp3) is 0.571. The third-order valence-corrected chi connectivity index (χ3v) is 4.66. The van der Waals surface area contributed by atoms with Gasteiger partial charge in [0.25, 0.3) is 5.91 Å². The number of aromatic amines is 1. The Balaban J connectivity index is 1.93. The molecule has 2 N–H and O–H groups in total. The predicted molar refractivity (Wildman–Crippen MR) is 72.0 cm³/mol. The average Bonchev–Trinajstić information content (AvgIpc) is 2.92. The normalized spacial score (nSPS) is 28.4. The Hall–Kier alpha value is -1.62. The second-order valence-corrected chi connectivity index (χ2v) is 6.02. The maximum atomic E-state index is 12.6. The smallest absolute Gasteiger partial charge is 0.259 e. The molecule has 2 aliphatic rings. The van der Waals surface area contributed by atoms with Crippen molar-refractivity contribution in [3.05, 3.63) is 34.2 Å². The molecule has 2 saturated heterocycles. The summed E-state index contributed by atoms with van der Waals surface area (Å²) < 4.78 is 0. The summed E-state index contributed by atoms with van der Waals surface area (Å²) in [6.45, 7) is 6.84. The molecule has 0 aromatic carbocycles. The largest absolute Gasteiger partial charge is 0.367 e. The molecule has 2 fully saturated rings. The molecule has 2 aliphatic heterocycles. The number of carbonyl (C=O) groups excluding carboxylic acids is 1. The molecule has 2 atom stereocenters.